The van der Waals surface area contributed by atoms with E-state index in [-0.39, 0.29) is 0 Å². The molecule has 5 nitrogen and oxygen atoms in total. The number of hydrogen-bond acceptors (Lipinski definition) is 5. The predicted octanol–water partition coefficient (Wildman–Crippen LogP) is 3.48. The molecule has 1 aromatic heterocycles. The summed E-state index contributed by atoms with van der Waals surface area (Å²) >= 11 is 7.42. The number of hydrogen-bond donors (Lipinski definition) is 1. The van der Waals surface area contributed by atoms with Gasteiger partial charge in [-0.25, -0.2) is 4.68 Å². The monoisotopic (exact) mass is 341 g/mol. The quantitative estimate of drug-likeness (QED) is 0.580. The van der Waals surface area contributed by atoms with E-state index in [9.17, 15) is 0 Å². The van der Waals surface area contributed by atoms with Crippen molar-refractivity contribution in [2.75, 3.05) is 5.84 Å². The van der Waals surface area contributed by atoms with Crippen molar-refractivity contribution in [3.05, 3.63) is 64.7 Å². The fourth-order valence-corrected chi connectivity index (χ4v) is 3.15. The van der Waals surface area contributed by atoms with E-state index < -0.39 is 0 Å². The number of halogens is 1. The third-order valence-electron chi connectivity index (χ3n) is 3.24. The topological polar surface area (TPSA) is 80.5 Å². The molecule has 0 aliphatic heterocycles. The molecule has 0 aliphatic carbocycles. The van der Waals surface area contributed by atoms with Gasteiger partial charge in [-0.3, -0.25) is 0 Å². The van der Waals surface area contributed by atoms with Gasteiger partial charge in [-0.15, -0.1) is 10.2 Å². The maximum absolute atomic E-state index is 9.12. The summed E-state index contributed by atoms with van der Waals surface area (Å²) in [5.74, 6) is 7.22. The zero-order valence-corrected chi connectivity index (χ0v) is 13.6. The van der Waals surface area contributed by atoms with E-state index in [0.717, 1.165) is 11.1 Å². The average Bonchev–Trinajstić information content (AvgIpc) is 2.94. The second-order valence-corrected chi connectivity index (χ2v) is 6.12. The van der Waals surface area contributed by atoms with Gasteiger partial charge in [-0.05, 0) is 23.8 Å². The third kappa shape index (κ3) is 3.31. The number of aromatic nitrogens is 3. The molecule has 23 heavy (non-hydrogen) atoms. The summed E-state index contributed by atoms with van der Waals surface area (Å²) in [6, 6.07) is 16.9. The van der Waals surface area contributed by atoms with Crippen molar-refractivity contribution in [1.82, 2.24) is 14.9 Å². The standard InChI is InChI=1S/C16H12ClN5S/c17-14-7-3-6-11(8-14)15-20-21-16(22(15)19)23-10-13-5-2-1-4-12(13)9-18/h1-8H,10,19H2. The highest BCUT2D eigenvalue weighted by atomic mass is 35.5. The molecule has 0 unspecified atom stereocenters. The van der Waals surface area contributed by atoms with Crippen LogP contribution in [-0.2, 0) is 5.75 Å². The molecule has 0 spiro atoms. The van der Waals surface area contributed by atoms with E-state index in [1.165, 1.54) is 16.4 Å². The lowest BCUT2D eigenvalue weighted by atomic mass is 10.1. The first kappa shape index (κ1) is 15.4. The van der Waals surface area contributed by atoms with Crippen molar-refractivity contribution in [2.45, 2.75) is 10.9 Å². The minimum Gasteiger partial charge on any atom is -0.335 e. The van der Waals surface area contributed by atoms with Gasteiger partial charge in [-0.1, -0.05) is 53.7 Å². The largest absolute Gasteiger partial charge is 0.335 e. The highest BCUT2D eigenvalue weighted by Crippen LogP contribution is 2.26. The van der Waals surface area contributed by atoms with E-state index in [0.29, 0.717) is 27.3 Å². The summed E-state index contributed by atoms with van der Waals surface area (Å²) < 4.78 is 1.44. The normalized spacial score (nSPS) is 10.4. The van der Waals surface area contributed by atoms with Gasteiger partial charge >= 0.3 is 0 Å². The number of rotatable bonds is 4. The van der Waals surface area contributed by atoms with Crippen molar-refractivity contribution in [3.8, 4) is 17.5 Å². The summed E-state index contributed by atoms with van der Waals surface area (Å²) in [6.07, 6.45) is 0. The molecule has 3 aromatic rings. The first-order chi connectivity index (χ1) is 11.2. The minimum atomic E-state index is 0.545. The number of nitrogens with two attached hydrogens (primary N) is 1. The van der Waals surface area contributed by atoms with Crippen LogP contribution in [-0.4, -0.2) is 14.9 Å². The molecule has 0 radical (unpaired) electrons. The molecule has 0 fully saturated rings. The van der Waals surface area contributed by atoms with Crippen LogP contribution in [0, 0.1) is 11.3 Å². The number of nitriles is 1. The van der Waals surface area contributed by atoms with E-state index in [4.69, 9.17) is 22.7 Å². The highest BCUT2D eigenvalue weighted by Gasteiger charge is 2.13. The Bertz CT molecular complexity index is 884. The fraction of sp³-hybridized carbons (Fsp3) is 0.0625. The lowest BCUT2D eigenvalue weighted by Crippen LogP contribution is -2.11. The Morgan fingerprint density at radius 3 is 2.78 bits per heavy atom. The van der Waals surface area contributed by atoms with Crippen LogP contribution in [0.25, 0.3) is 11.4 Å². The smallest absolute Gasteiger partial charge is 0.210 e. The van der Waals surface area contributed by atoms with Gasteiger partial charge in [0.25, 0.3) is 0 Å². The second-order valence-electron chi connectivity index (χ2n) is 4.74. The Balaban J connectivity index is 1.82. The predicted molar refractivity (Wildman–Crippen MR) is 91.3 cm³/mol. The fourth-order valence-electron chi connectivity index (χ4n) is 2.10. The van der Waals surface area contributed by atoms with E-state index in [1.54, 1.807) is 18.2 Å². The van der Waals surface area contributed by atoms with Crippen LogP contribution in [0.5, 0.6) is 0 Å². The van der Waals surface area contributed by atoms with Crippen LogP contribution in [0.3, 0.4) is 0 Å². The van der Waals surface area contributed by atoms with Crippen molar-refractivity contribution in [3.63, 3.8) is 0 Å². The van der Waals surface area contributed by atoms with E-state index >= 15 is 0 Å². The first-order valence-electron chi connectivity index (χ1n) is 6.76. The third-order valence-corrected chi connectivity index (χ3v) is 4.47. The van der Waals surface area contributed by atoms with Crippen molar-refractivity contribution in [2.24, 2.45) is 0 Å². The Labute approximate surface area is 142 Å². The Hall–Kier alpha value is -2.49. The molecule has 0 amide bonds. The van der Waals surface area contributed by atoms with Crippen LogP contribution in [0.1, 0.15) is 11.1 Å². The summed E-state index contributed by atoms with van der Waals surface area (Å²) in [5.41, 5.74) is 2.39. The molecule has 7 heteroatoms. The van der Waals surface area contributed by atoms with Gasteiger partial charge in [0.15, 0.2) is 5.82 Å². The Kier molecular flexibility index (Phi) is 4.51. The van der Waals surface area contributed by atoms with E-state index in [1.807, 2.05) is 30.3 Å². The van der Waals surface area contributed by atoms with Gasteiger partial charge < -0.3 is 5.84 Å². The van der Waals surface area contributed by atoms with Crippen molar-refractivity contribution >= 4 is 23.4 Å². The lowest BCUT2D eigenvalue weighted by molar-refractivity contribution is 0.849. The van der Waals surface area contributed by atoms with Crippen LogP contribution >= 0.6 is 23.4 Å². The van der Waals surface area contributed by atoms with Crippen LogP contribution in [0.4, 0.5) is 0 Å². The number of nitrogen functional groups attached to an aromatic ring is 1. The lowest BCUT2D eigenvalue weighted by Gasteiger charge is -2.05. The van der Waals surface area contributed by atoms with Crippen LogP contribution < -0.4 is 5.84 Å². The number of benzene rings is 2. The molecule has 3 rings (SSSR count). The molecule has 1 heterocycles. The molecule has 2 N–H and O–H groups in total. The van der Waals surface area contributed by atoms with Crippen LogP contribution in [0.15, 0.2) is 53.7 Å². The van der Waals surface area contributed by atoms with Gasteiger partial charge in [0.2, 0.25) is 5.16 Å². The Morgan fingerprint density at radius 1 is 1.17 bits per heavy atom. The number of nitrogens with zero attached hydrogens (tertiary/aromatic N) is 4. The first-order valence-corrected chi connectivity index (χ1v) is 8.12. The van der Waals surface area contributed by atoms with Gasteiger partial charge in [0, 0.05) is 16.3 Å². The summed E-state index contributed by atoms with van der Waals surface area (Å²) in [4.78, 5) is 0. The minimum absolute atomic E-state index is 0.545. The Morgan fingerprint density at radius 2 is 2.00 bits per heavy atom. The zero-order valence-electron chi connectivity index (χ0n) is 12.0. The molecule has 0 bridgehead atoms. The van der Waals surface area contributed by atoms with E-state index in [2.05, 4.69) is 16.3 Å². The maximum Gasteiger partial charge on any atom is 0.210 e. The van der Waals surface area contributed by atoms with Crippen LogP contribution in [0.2, 0.25) is 5.02 Å². The zero-order chi connectivity index (χ0) is 16.2. The molecule has 0 saturated heterocycles. The summed E-state index contributed by atoms with van der Waals surface area (Å²) in [6.45, 7) is 0. The van der Waals surface area contributed by atoms with Gasteiger partial charge in [0.1, 0.15) is 0 Å². The maximum atomic E-state index is 9.12. The summed E-state index contributed by atoms with van der Waals surface area (Å²) in [5, 5.41) is 18.6. The molecule has 0 aliphatic rings. The molecular formula is C16H12ClN5S. The highest BCUT2D eigenvalue weighted by molar-refractivity contribution is 7.98. The average molecular weight is 342 g/mol. The molecular weight excluding hydrogens is 330 g/mol. The molecule has 0 saturated carbocycles. The number of thioether (sulfide) groups is 1. The molecule has 0 atom stereocenters. The SMILES string of the molecule is N#Cc1ccccc1CSc1nnc(-c2cccc(Cl)c2)n1N. The van der Waals surface area contributed by atoms with Gasteiger partial charge in [-0.2, -0.15) is 5.26 Å². The molecule has 114 valence electrons. The van der Waals surface area contributed by atoms with Crippen molar-refractivity contribution in [1.29, 1.82) is 5.26 Å². The van der Waals surface area contributed by atoms with Crippen molar-refractivity contribution < 1.29 is 0 Å². The summed E-state index contributed by atoms with van der Waals surface area (Å²) in [7, 11) is 0. The molecule has 2 aromatic carbocycles. The van der Waals surface area contributed by atoms with Gasteiger partial charge in [0.05, 0.1) is 11.6 Å². The second kappa shape index (κ2) is 6.73.